The number of ether oxygens (including phenoxy) is 1. The van der Waals surface area contributed by atoms with Gasteiger partial charge in [-0.15, -0.1) is 0 Å². The van der Waals surface area contributed by atoms with Crippen LogP contribution in [0.25, 0.3) is 10.2 Å². The monoisotopic (exact) mass is 336 g/mol. The van der Waals surface area contributed by atoms with E-state index in [2.05, 4.69) is 36.8 Å². The number of fused-ring (bicyclic) bond motifs is 1. The summed E-state index contributed by atoms with van der Waals surface area (Å²) in [6.45, 7) is 0. The third kappa shape index (κ3) is 1.51. The highest BCUT2D eigenvalue weighted by Crippen LogP contribution is 2.41. The topological polar surface area (TPSA) is 48.1 Å². The molecule has 1 heterocycles. The second-order valence-corrected chi connectivity index (χ2v) is 5.34. The van der Waals surface area contributed by atoms with Crippen LogP contribution in [-0.4, -0.2) is 12.1 Å². The van der Waals surface area contributed by atoms with Crippen LogP contribution in [0.15, 0.2) is 15.0 Å². The Balaban J connectivity index is 2.89. The van der Waals surface area contributed by atoms with Crippen molar-refractivity contribution in [2.45, 2.75) is 0 Å². The minimum Gasteiger partial charge on any atom is -0.494 e. The number of nitrogen functional groups attached to an aromatic ring is 1. The van der Waals surface area contributed by atoms with E-state index in [0.29, 0.717) is 5.13 Å². The summed E-state index contributed by atoms with van der Waals surface area (Å²) in [6, 6.07) is 1.90. The first-order valence-corrected chi connectivity index (χ1v) is 6.11. The molecule has 0 saturated heterocycles. The van der Waals surface area contributed by atoms with E-state index in [-0.39, 0.29) is 0 Å². The van der Waals surface area contributed by atoms with Gasteiger partial charge in [0.05, 0.1) is 11.6 Å². The van der Waals surface area contributed by atoms with Crippen molar-refractivity contribution in [3.05, 3.63) is 15.0 Å². The molecule has 2 rings (SSSR count). The molecule has 0 radical (unpaired) electrons. The molecule has 0 aliphatic heterocycles. The van der Waals surface area contributed by atoms with Crippen molar-refractivity contribution in [3.63, 3.8) is 0 Å². The van der Waals surface area contributed by atoms with Crippen LogP contribution in [-0.2, 0) is 0 Å². The van der Waals surface area contributed by atoms with Gasteiger partial charge in [-0.25, -0.2) is 4.98 Å². The fourth-order valence-electron chi connectivity index (χ4n) is 1.20. The third-order valence-electron chi connectivity index (χ3n) is 1.75. The fourth-order valence-corrected chi connectivity index (χ4v) is 3.76. The SMILES string of the molecule is COc1c(Br)cc(Br)c2nc(N)sc12. The predicted octanol–water partition coefficient (Wildman–Crippen LogP) is 3.41. The number of methoxy groups -OCH3 is 1. The third-order valence-corrected chi connectivity index (χ3v) is 3.83. The summed E-state index contributed by atoms with van der Waals surface area (Å²) < 4.78 is 8.03. The Bertz CT molecular complexity index is 498. The Morgan fingerprint density at radius 1 is 1.43 bits per heavy atom. The standard InChI is InChI=1S/C8H6Br2N2OS/c1-13-6-4(10)2-3(9)5-7(6)14-8(11)12-5/h2H,1H3,(H2,11,12). The van der Waals surface area contributed by atoms with Crippen molar-refractivity contribution in [3.8, 4) is 5.75 Å². The number of aromatic nitrogens is 1. The van der Waals surface area contributed by atoms with Crippen molar-refractivity contribution < 1.29 is 4.74 Å². The van der Waals surface area contributed by atoms with E-state index in [9.17, 15) is 0 Å². The van der Waals surface area contributed by atoms with Gasteiger partial charge in [0.15, 0.2) is 10.9 Å². The second-order valence-electron chi connectivity index (χ2n) is 2.60. The molecule has 1 aromatic carbocycles. The quantitative estimate of drug-likeness (QED) is 0.867. The number of nitrogens with two attached hydrogens (primary N) is 1. The molecule has 0 saturated carbocycles. The van der Waals surface area contributed by atoms with Crippen LogP contribution in [0.4, 0.5) is 5.13 Å². The van der Waals surface area contributed by atoms with E-state index < -0.39 is 0 Å². The average Bonchev–Trinajstić information content (AvgIpc) is 2.48. The number of rotatable bonds is 1. The van der Waals surface area contributed by atoms with Gasteiger partial charge >= 0.3 is 0 Å². The van der Waals surface area contributed by atoms with Crippen molar-refractivity contribution in [1.29, 1.82) is 0 Å². The number of nitrogens with zero attached hydrogens (tertiary/aromatic N) is 1. The summed E-state index contributed by atoms with van der Waals surface area (Å²) in [7, 11) is 1.63. The van der Waals surface area contributed by atoms with Crippen molar-refractivity contribution in [1.82, 2.24) is 4.98 Å². The molecule has 74 valence electrons. The fraction of sp³-hybridized carbons (Fsp3) is 0.125. The first kappa shape index (κ1) is 10.2. The zero-order valence-electron chi connectivity index (χ0n) is 7.17. The highest BCUT2D eigenvalue weighted by atomic mass is 79.9. The Hall–Kier alpha value is -0.330. The summed E-state index contributed by atoms with van der Waals surface area (Å²) in [5.74, 6) is 0.775. The molecule has 0 atom stereocenters. The lowest BCUT2D eigenvalue weighted by molar-refractivity contribution is 0.418. The van der Waals surface area contributed by atoms with Crippen LogP contribution in [0, 0.1) is 0 Å². The average molecular weight is 338 g/mol. The first-order valence-electron chi connectivity index (χ1n) is 3.71. The molecule has 0 aliphatic rings. The number of anilines is 1. The van der Waals surface area contributed by atoms with Crippen LogP contribution >= 0.6 is 43.2 Å². The molecule has 1 aromatic heterocycles. The maximum absolute atomic E-state index is 5.65. The van der Waals surface area contributed by atoms with E-state index in [0.717, 1.165) is 24.9 Å². The second kappa shape index (κ2) is 3.67. The molecule has 0 aliphatic carbocycles. The maximum Gasteiger partial charge on any atom is 0.181 e. The van der Waals surface area contributed by atoms with Crippen molar-refractivity contribution in [2.24, 2.45) is 0 Å². The van der Waals surface area contributed by atoms with E-state index in [4.69, 9.17) is 10.5 Å². The van der Waals surface area contributed by atoms with E-state index in [1.807, 2.05) is 6.07 Å². The van der Waals surface area contributed by atoms with Gasteiger partial charge < -0.3 is 10.5 Å². The molecule has 2 aromatic rings. The van der Waals surface area contributed by atoms with Crippen LogP contribution in [0.3, 0.4) is 0 Å². The van der Waals surface area contributed by atoms with Gasteiger partial charge in [-0.05, 0) is 37.9 Å². The van der Waals surface area contributed by atoms with E-state index in [1.54, 1.807) is 7.11 Å². The summed E-state index contributed by atoms with van der Waals surface area (Å²) >= 11 is 8.26. The molecule has 0 unspecified atom stereocenters. The maximum atomic E-state index is 5.65. The van der Waals surface area contributed by atoms with Crippen LogP contribution in [0.5, 0.6) is 5.75 Å². The number of halogens is 2. The molecule has 6 heteroatoms. The summed E-state index contributed by atoms with van der Waals surface area (Å²) in [4.78, 5) is 4.21. The zero-order chi connectivity index (χ0) is 10.3. The van der Waals surface area contributed by atoms with Crippen molar-refractivity contribution >= 4 is 58.5 Å². The number of benzene rings is 1. The lowest BCUT2D eigenvalue weighted by atomic mass is 10.3. The summed E-state index contributed by atoms with van der Waals surface area (Å²) in [5.41, 5.74) is 6.49. The number of hydrogen-bond acceptors (Lipinski definition) is 4. The molecule has 0 fully saturated rings. The Labute approximate surface area is 102 Å². The Morgan fingerprint density at radius 2 is 2.14 bits per heavy atom. The summed E-state index contributed by atoms with van der Waals surface area (Å²) in [6.07, 6.45) is 0. The van der Waals surface area contributed by atoms with Crippen LogP contribution in [0.2, 0.25) is 0 Å². The highest BCUT2D eigenvalue weighted by molar-refractivity contribution is 9.11. The normalized spacial score (nSPS) is 10.8. The molecular weight excluding hydrogens is 332 g/mol. The molecular formula is C8H6Br2N2OS. The van der Waals surface area contributed by atoms with Crippen LogP contribution < -0.4 is 10.5 Å². The highest BCUT2D eigenvalue weighted by Gasteiger charge is 2.13. The van der Waals surface area contributed by atoms with E-state index in [1.165, 1.54) is 11.3 Å². The van der Waals surface area contributed by atoms with Gasteiger partial charge in [0.1, 0.15) is 10.2 Å². The van der Waals surface area contributed by atoms with Gasteiger partial charge in [-0.1, -0.05) is 11.3 Å². The van der Waals surface area contributed by atoms with Gasteiger partial charge in [0.2, 0.25) is 0 Å². The molecule has 0 spiro atoms. The molecule has 2 N–H and O–H groups in total. The lowest BCUT2D eigenvalue weighted by Gasteiger charge is -2.04. The van der Waals surface area contributed by atoms with Gasteiger partial charge in [-0.3, -0.25) is 0 Å². The van der Waals surface area contributed by atoms with Gasteiger partial charge in [0.25, 0.3) is 0 Å². The zero-order valence-corrected chi connectivity index (χ0v) is 11.2. The molecule has 0 bridgehead atoms. The van der Waals surface area contributed by atoms with Crippen LogP contribution in [0.1, 0.15) is 0 Å². The van der Waals surface area contributed by atoms with Gasteiger partial charge in [0, 0.05) is 4.47 Å². The Kier molecular flexibility index (Phi) is 2.68. The molecule has 14 heavy (non-hydrogen) atoms. The molecule has 0 amide bonds. The minimum absolute atomic E-state index is 0.539. The smallest absolute Gasteiger partial charge is 0.181 e. The minimum atomic E-state index is 0.539. The molecule has 3 nitrogen and oxygen atoms in total. The van der Waals surface area contributed by atoms with E-state index >= 15 is 0 Å². The lowest BCUT2D eigenvalue weighted by Crippen LogP contribution is -1.85. The number of hydrogen-bond donors (Lipinski definition) is 1. The number of thiazole rings is 1. The summed E-state index contributed by atoms with van der Waals surface area (Å²) in [5, 5.41) is 0.539. The predicted molar refractivity (Wildman–Crippen MR) is 66.0 cm³/mol. The Morgan fingerprint density at radius 3 is 2.79 bits per heavy atom. The van der Waals surface area contributed by atoms with Gasteiger partial charge in [-0.2, -0.15) is 0 Å². The van der Waals surface area contributed by atoms with Crippen molar-refractivity contribution in [2.75, 3.05) is 12.8 Å². The largest absolute Gasteiger partial charge is 0.494 e. The first-order chi connectivity index (χ1) is 6.63.